The van der Waals surface area contributed by atoms with Crippen molar-refractivity contribution in [1.82, 2.24) is 0 Å². The van der Waals surface area contributed by atoms with Gasteiger partial charge in [-0.15, -0.1) is 0 Å². The summed E-state index contributed by atoms with van der Waals surface area (Å²) < 4.78 is 19.5. The first kappa shape index (κ1) is 10.3. The third kappa shape index (κ3) is 2.43. The van der Waals surface area contributed by atoms with Gasteiger partial charge in [0.25, 0.3) is 0 Å². The molecule has 0 amide bonds. The fourth-order valence-corrected chi connectivity index (χ4v) is 2.11. The topological polar surface area (TPSA) is 37.3 Å². The first-order valence-corrected chi connectivity index (χ1v) is 5.99. The second-order valence-electron chi connectivity index (χ2n) is 3.65. The van der Waals surface area contributed by atoms with Gasteiger partial charge in [-0.2, -0.15) is 0 Å². The summed E-state index contributed by atoms with van der Waals surface area (Å²) >= 11 is -1.76. The summed E-state index contributed by atoms with van der Waals surface area (Å²) in [7, 11) is 0. The average molecular weight is 220 g/mol. The Morgan fingerprint density at radius 2 is 1.80 bits per heavy atom. The predicted octanol–water partition coefficient (Wildman–Crippen LogP) is 2.87. The zero-order valence-electron chi connectivity index (χ0n) is 8.43. The van der Waals surface area contributed by atoms with E-state index in [1.807, 2.05) is 30.3 Å². The molecule has 0 fully saturated rings. The van der Waals surface area contributed by atoms with Crippen molar-refractivity contribution in [2.45, 2.75) is 12.7 Å². The van der Waals surface area contributed by atoms with Gasteiger partial charge in [-0.05, 0) is 23.3 Å². The average Bonchev–Trinajstić information content (AvgIpc) is 2.17. The number of benzene rings is 2. The molecule has 15 heavy (non-hydrogen) atoms. The minimum Gasteiger partial charge on any atom is -0.306 e. The van der Waals surface area contributed by atoms with E-state index in [1.165, 1.54) is 10.9 Å². The molecule has 78 valence electrons. The number of fused-ring (bicyclic) bond motifs is 1. The van der Waals surface area contributed by atoms with Gasteiger partial charge in [0.1, 0.15) is 0 Å². The van der Waals surface area contributed by atoms with Crippen molar-refractivity contribution < 1.29 is 8.76 Å². The summed E-state index contributed by atoms with van der Waals surface area (Å²) in [5, 5.41) is 2.28. The van der Waals surface area contributed by atoms with Gasteiger partial charge in [0, 0.05) is 0 Å². The van der Waals surface area contributed by atoms with Crippen LogP contribution in [0.3, 0.4) is 0 Å². The number of rotatable bonds is 2. The molecule has 0 radical (unpaired) electrons. The van der Waals surface area contributed by atoms with Gasteiger partial charge in [-0.1, -0.05) is 42.0 Å². The molecule has 0 aromatic heterocycles. The third-order valence-electron chi connectivity index (χ3n) is 2.35. The lowest BCUT2D eigenvalue weighted by atomic mass is 10.1. The Morgan fingerprint density at radius 3 is 2.53 bits per heavy atom. The number of hydrogen-bond donors (Lipinski definition) is 1. The lowest BCUT2D eigenvalue weighted by molar-refractivity contribution is 0.563. The Labute approximate surface area is 91.2 Å². The highest BCUT2D eigenvalue weighted by Gasteiger charge is 2.00. The van der Waals surface area contributed by atoms with E-state index in [9.17, 15) is 4.21 Å². The van der Waals surface area contributed by atoms with Crippen LogP contribution in [-0.4, -0.2) is 8.76 Å². The Bertz CT molecular complexity index is 520. The maximum atomic E-state index is 10.7. The van der Waals surface area contributed by atoms with Crippen molar-refractivity contribution in [3.63, 3.8) is 0 Å². The van der Waals surface area contributed by atoms with Crippen LogP contribution in [0.5, 0.6) is 0 Å². The van der Waals surface area contributed by atoms with Crippen LogP contribution in [0.2, 0.25) is 0 Å². The standard InChI is InChI=1S/C12H12O2S/c1-9-2-4-12-7-10(8-15(13)14)3-5-11(12)6-9/h2-7H,8H2,1H3,(H,13,14). The van der Waals surface area contributed by atoms with Crippen LogP contribution in [0.1, 0.15) is 11.1 Å². The molecule has 2 nitrogen and oxygen atoms in total. The Morgan fingerprint density at radius 1 is 1.13 bits per heavy atom. The van der Waals surface area contributed by atoms with Crippen molar-refractivity contribution >= 4 is 21.9 Å². The lowest BCUT2D eigenvalue weighted by Gasteiger charge is -2.02. The Balaban J connectivity index is 2.47. The molecule has 1 atom stereocenters. The van der Waals surface area contributed by atoms with E-state index >= 15 is 0 Å². The smallest absolute Gasteiger partial charge is 0.157 e. The van der Waals surface area contributed by atoms with E-state index in [4.69, 9.17) is 4.55 Å². The second-order valence-corrected chi connectivity index (χ2v) is 4.58. The van der Waals surface area contributed by atoms with Gasteiger partial charge in [-0.3, -0.25) is 0 Å². The molecule has 2 aromatic carbocycles. The molecule has 0 spiro atoms. The van der Waals surface area contributed by atoms with Gasteiger partial charge >= 0.3 is 0 Å². The van der Waals surface area contributed by atoms with E-state index in [0.717, 1.165) is 10.9 Å². The first-order valence-electron chi connectivity index (χ1n) is 4.72. The fraction of sp³-hybridized carbons (Fsp3) is 0.167. The summed E-state index contributed by atoms with van der Waals surface area (Å²) in [5.41, 5.74) is 2.12. The molecule has 0 bridgehead atoms. The van der Waals surface area contributed by atoms with E-state index in [1.54, 1.807) is 0 Å². The highest BCUT2D eigenvalue weighted by atomic mass is 32.2. The summed E-state index contributed by atoms with van der Waals surface area (Å²) in [6.07, 6.45) is 0. The molecule has 0 saturated carbocycles. The lowest BCUT2D eigenvalue weighted by Crippen LogP contribution is -1.92. The monoisotopic (exact) mass is 220 g/mol. The molecule has 0 aliphatic heterocycles. The molecule has 1 unspecified atom stereocenters. The molecule has 1 N–H and O–H groups in total. The summed E-state index contributed by atoms with van der Waals surface area (Å²) in [5.74, 6) is 0.198. The first-order chi connectivity index (χ1) is 7.15. The zero-order valence-corrected chi connectivity index (χ0v) is 9.25. The molecular weight excluding hydrogens is 208 g/mol. The SMILES string of the molecule is Cc1ccc2cc(CS(=O)O)ccc2c1. The molecule has 2 aromatic rings. The van der Waals surface area contributed by atoms with Crippen LogP contribution in [0.4, 0.5) is 0 Å². The third-order valence-corrected chi connectivity index (χ3v) is 2.93. The van der Waals surface area contributed by atoms with E-state index in [0.29, 0.717) is 0 Å². The highest BCUT2D eigenvalue weighted by molar-refractivity contribution is 7.78. The summed E-state index contributed by atoms with van der Waals surface area (Å²) in [6, 6.07) is 12.0. The maximum Gasteiger partial charge on any atom is 0.157 e. The molecule has 0 aliphatic carbocycles. The molecule has 0 heterocycles. The van der Waals surface area contributed by atoms with Crippen molar-refractivity contribution in [2.24, 2.45) is 0 Å². The number of hydrogen-bond acceptors (Lipinski definition) is 1. The van der Waals surface area contributed by atoms with Crippen LogP contribution in [0.15, 0.2) is 36.4 Å². The normalized spacial score (nSPS) is 12.9. The van der Waals surface area contributed by atoms with Crippen LogP contribution in [0.25, 0.3) is 10.8 Å². The van der Waals surface area contributed by atoms with Crippen LogP contribution in [0, 0.1) is 6.92 Å². The second kappa shape index (κ2) is 4.13. The minimum atomic E-state index is -1.76. The summed E-state index contributed by atoms with van der Waals surface area (Å²) in [6.45, 7) is 2.05. The van der Waals surface area contributed by atoms with Crippen LogP contribution in [-0.2, 0) is 16.8 Å². The van der Waals surface area contributed by atoms with Gasteiger partial charge in [0.15, 0.2) is 11.1 Å². The number of aryl methyl sites for hydroxylation is 1. The Kier molecular flexibility index (Phi) is 2.84. The van der Waals surface area contributed by atoms with Crippen molar-refractivity contribution in [1.29, 1.82) is 0 Å². The van der Waals surface area contributed by atoms with Crippen LogP contribution < -0.4 is 0 Å². The quantitative estimate of drug-likeness (QED) is 0.790. The van der Waals surface area contributed by atoms with Gasteiger partial charge < -0.3 is 4.55 Å². The fourth-order valence-electron chi connectivity index (χ4n) is 1.65. The van der Waals surface area contributed by atoms with Gasteiger partial charge in [0.2, 0.25) is 0 Å². The van der Waals surface area contributed by atoms with Gasteiger partial charge in [-0.25, -0.2) is 4.21 Å². The van der Waals surface area contributed by atoms with Crippen LogP contribution >= 0.6 is 0 Å². The molecule has 3 heteroatoms. The van der Waals surface area contributed by atoms with E-state index in [2.05, 4.69) is 13.0 Å². The summed E-state index contributed by atoms with van der Waals surface area (Å²) in [4.78, 5) is 0. The highest BCUT2D eigenvalue weighted by Crippen LogP contribution is 2.18. The van der Waals surface area contributed by atoms with Crippen molar-refractivity contribution in [2.75, 3.05) is 0 Å². The van der Waals surface area contributed by atoms with Gasteiger partial charge in [0.05, 0.1) is 5.75 Å². The zero-order chi connectivity index (χ0) is 10.8. The predicted molar refractivity (Wildman–Crippen MR) is 63.2 cm³/mol. The maximum absolute atomic E-state index is 10.7. The molecular formula is C12H12O2S. The molecule has 0 saturated heterocycles. The molecule has 0 aliphatic rings. The van der Waals surface area contributed by atoms with E-state index < -0.39 is 11.1 Å². The van der Waals surface area contributed by atoms with E-state index in [-0.39, 0.29) is 5.75 Å². The van der Waals surface area contributed by atoms with Crippen molar-refractivity contribution in [3.05, 3.63) is 47.5 Å². The van der Waals surface area contributed by atoms with Crippen molar-refractivity contribution in [3.8, 4) is 0 Å². The Hall–Kier alpha value is -1.19. The minimum absolute atomic E-state index is 0.198. The molecule has 2 rings (SSSR count). The largest absolute Gasteiger partial charge is 0.306 e.